The zero-order valence-electron chi connectivity index (χ0n) is 17.6. The van der Waals surface area contributed by atoms with Crippen LogP contribution in [-0.4, -0.2) is 32.3 Å². The summed E-state index contributed by atoms with van der Waals surface area (Å²) in [5.41, 5.74) is -0.619. The average Bonchev–Trinajstić information content (AvgIpc) is 3.19. The van der Waals surface area contributed by atoms with Crippen LogP contribution in [0.15, 0.2) is 47.6 Å². The number of thioether (sulfide) groups is 1. The van der Waals surface area contributed by atoms with Crippen LogP contribution >= 0.6 is 35.0 Å². The Bertz CT molecular complexity index is 1190. The molecule has 2 aromatic carbocycles. The fourth-order valence-electron chi connectivity index (χ4n) is 2.85. The molecule has 2 amide bonds. The van der Waals surface area contributed by atoms with Gasteiger partial charge in [-0.1, -0.05) is 35.0 Å². The number of nitrogens with zero attached hydrogens (tertiary/aromatic N) is 3. The van der Waals surface area contributed by atoms with Gasteiger partial charge in [-0.2, -0.15) is 13.2 Å². The third-order valence-corrected chi connectivity index (χ3v) is 6.07. The summed E-state index contributed by atoms with van der Waals surface area (Å²) in [4.78, 5) is 24.6. The lowest BCUT2D eigenvalue weighted by Gasteiger charge is -2.12. The van der Waals surface area contributed by atoms with Gasteiger partial charge in [0, 0.05) is 17.1 Å². The number of rotatable bonds is 8. The van der Waals surface area contributed by atoms with Gasteiger partial charge in [-0.15, -0.1) is 10.2 Å². The van der Waals surface area contributed by atoms with E-state index in [1.54, 1.807) is 28.8 Å². The molecule has 3 rings (SSSR count). The monoisotopic (exact) mass is 531 g/mol. The van der Waals surface area contributed by atoms with Gasteiger partial charge in [0.25, 0.3) is 5.91 Å². The molecule has 180 valence electrons. The van der Waals surface area contributed by atoms with Crippen molar-refractivity contribution >= 4 is 52.5 Å². The molecule has 0 aliphatic heterocycles. The fraction of sp³-hybridized carbons (Fsp3) is 0.238. The summed E-state index contributed by atoms with van der Waals surface area (Å²) in [6.07, 6.45) is -4.56. The molecule has 0 saturated carbocycles. The van der Waals surface area contributed by atoms with Gasteiger partial charge in [-0.05, 0) is 49.4 Å². The molecule has 0 saturated heterocycles. The molecule has 0 spiro atoms. The third-order valence-electron chi connectivity index (χ3n) is 4.52. The molecule has 1 aromatic heterocycles. The Morgan fingerprint density at radius 3 is 2.44 bits per heavy atom. The molecular formula is C21H18Cl2F3N5O2S. The summed E-state index contributed by atoms with van der Waals surface area (Å²) < 4.78 is 40.4. The summed E-state index contributed by atoms with van der Waals surface area (Å²) >= 11 is 12.8. The van der Waals surface area contributed by atoms with E-state index in [0.29, 0.717) is 28.1 Å². The SMILES string of the molecule is CCn1c(CNC(=O)c2ccc(Cl)cc2)nnc1SCC(=O)Nc1cc(C(F)(F)F)ccc1Cl. The minimum absolute atomic E-state index is 0.0122. The highest BCUT2D eigenvalue weighted by atomic mass is 35.5. The van der Waals surface area contributed by atoms with Gasteiger partial charge in [0.05, 0.1) is 28.6 Å². The van der Waals surface area contributed by atoms with Crippen molar-refractivity contribution in [3.8, 4) is 0 Å². The predicted octanol–water partition coefficient (Wildman–Crippen LogP) is 5.28. The van der Waals surface area contributed by atoms with Crippen molar-refractivity contribution < 1.29 is 22.8 Å². The van der Waals surface area contributed by atoms with Crippen molar-refractivity contribution in [1.29, 1.82) is 0 Å². The Kier molecular flexibility index (Phi) is 8.45. The number of alkyl halides is 3. The largest absolute Gasteiger partial charge is 0.416 e. The molecule has 0 bridgehead atoms. The van der Waals surface area contributed by atoms with Gasteiger partial charge in [0.15, 0.2) is 11.0 Å². The van der Waals surface area contributed by atoms with E-state index in [2.05, 4.69) is 20.8 Å². The molecular weight excluding hydrogens is 514 g/mol. The van der Waals surface area contributed by atoms with Gasteiger partial charge in [0.2, 0.25) is 5.91 Å². The standard InChI is InChI=1S/C21H18Cl2F3N5O2S/c1-2-31-17(10-27-19(33)12-3-6-14(22)7-4-12)29-30-20(31)34-11-18(32)28-16-9-13(21(24,25)26)5-8-15(16)23/h3-9H,2,10-11H2,1H3,(H,27,33)(H,28,32). The Balaban J connectivity index is 1.60. The van der Waals surface area contributed by atoms with E-state index < -0.39 is 17.6 Å². The molecule has 7 nitrogen and oxygen atoms in total. The number of halogens is 5. The molecule has 0 aliphatic carbocycles. The number of hydrogen-bond donors (Lipinski definition) is 2. The maximum atomic E-state index is 12.9. The van der Waals surface area contributed by atoms with Crippen LogP contribution in [0, 0.1) is 0 Å². The van der Waals surface area contributed by atoms with Gasteiger partial charge in [-0.25, -0.2) is 0 Å². The first kappa shape index (κ1) is 25.9. The second-order valence-electron chi connectivity index (χ2n) is 6.86. The molecule has 0 fully saturated rings. The Morgan fingerprint density at radius 2 is 1.79 bits per heavy atom. The second-order valence-corrected chi connectivity index (χ2v) is 8.65. The van der Waals surface area contributed by atoms with E-state index in [4.69, 9.17) is 23.2 Å². The number of benzene rings is 2. The van der Waals surface area contributed by atoms with Gasteiger partial charge in [0.1, 0.15) is 0 Å². The number of carbonyl (C=O) groups is 2. The number of nitrogens with one attached hydrogen (secondary N) is 2. The molecule has 0 radical (unpaired) electrons. The lowest BCUT2D eigenvalue weighted by molar-refractivity contribution is -0.137. The summed E-state index contributed by atoms with van der Waals surface area (Å²) in [6.45, 7) is 2.43. The summed E-state index contributed by atoms with van der Waals surface area (Å²) in [5, 5.41) is 14.2. The van der Waals surface area contributed by atoms with Crippen molar-refractivity contribution in [2.75, 3.05) is 11.1 Å². The highest BCUT2D eigenvalue weighted by molar-refractivity contribution is 7.99. The topological polar surface area (TPSA) is 88.9 Å². The maximum Gasteiger partial charge on any atom is 0.416 e. The number of amides is 2. The first-order valence-electron chi connectivity index (χ1n) is 9.83. The van der Waals surface area contributed by atoms with Crippen molar-refractivity contribution in [3.05, 3.63) is 69.5 Å². The van der Waals surface area contributed by atoms with Gasteiger partial charge >= 0.3 is 6.18 Å². The third kappa shape index (κ3) is 6.64. The van der Waals surface area contributed by atoms with E-state index in [1.807, 2.05) is 6.92 Å². The molecule has 3 aromatic rings. The smallest absolute Gasteiger partial charge is 0.345 e. The van der Waals surface area contributed by atoms with Crippen LogP contribution in [0.4, 0.5) is 18.9 Å². The summed E-state index contributed by atoms with van der Waals surface area (Å²) in [5.74, 6) is -0.529. The van der Waals surface area contributed by atoms with E-state index in [-0.39, 0.29) is 28.9 Å². The lowest BCUT2D eigenvalue weighted by Crippen LogP contribution is -2.24. The van der Waals surface area contributed by atoms with E-state index in [1.165, 1.54) is 0 Å². The molecule has 0 unspecified atom stereocenters. The zero-order valence-corrected chi connectivity index (χ0v) is 19.9. The summed E-state index contributed by atoms with van der Waals surface area (Å²) in [6, 6.07) is 9.10. The number of aromatic nitrogens is 3. The normalized spacial score (nSPS) is 11.4. The number of anilines is 1. The molecule has 2 N–H and O–H groups in total. The van der Waals surface area contributed by atoms with Crippen molar-refractivity contribution in [2.24, 2.45) is 0 Å². The van der Waals surface area contributed by atoms with Crippen LogP contribution in [0.1, 0.15) is 28.7 Å². The zero-order chi connectivity index (χ0) is 24.9. The van der Waals surface area contributed by atoms with Crippen LogP contribution in [-0.2, 0) is 24.1 Å². The molecule has 0 atom stereocenters. The number of hydrogen-bond acceptors (Lipinski definition) is 5. The Labute approximate surface area is 207 Å². The first-order chi connectivity index (χ1) is 16.1. The van der Waals surface area contributed by atoms with Crippen molar-refractivity contribution in [1.82, 2.24) is 20.1 Å². The van der Waals surface area contributed by atoms with E-state index in [9.17, 15) is 22.8 Å². The van der Waals surface area contributed by atoms with Gasteiger partial charge < -0.3 is 15.2 Å². The van der Waals surface area contributed by atoms with Crippen LogP contribution in [0.5, 0.6) is 0 Å². The molecule has 0 aliphatic rings. The highest BCUT2D eigenvalue weighted by Crippen LogP contribution is 2.34. The molecule has 34 heavy (non-hydrogen) atoms. The van der Waals surface area contributed by atoms with Crippen molar-refractivity contribution in [2.45, 2.75) is 31.3 Å². The van der Waals surface area contributed by atoms with Crippen LogP contribution in [0.2, 0.25) is 10.0 Å². The molecule has 13 heteroatoms. The summed E-state index contributed by atoms with van der Waals surface area (Å²) in [7, 11) is 0. The predicted molar refractivity (Wildman–Crippen MR) is 124 cm³/mol. The number of carbonyl (C=O) groups excluding carboxylic acids is 2. The van der Waals surface area contributed by atoms with Crippen LogP contribution in [0.3, 0.4) is 0 Å². The lowest BCUT2D eigenvalue weighted by atomic mass is 10.2. The average molecular weight is 532 g/mol. The minimum Gasteiger partial charge on any atom is -0.345 e. The molecule has 1 heterocycles. The first-order valence-corrected chi connectivity index (χ1v) is 11.6. The minimum atomic E-state index is -4.56. The van der Waals surface area contributed by atoms with Gasteiger partial charge in [-0.3, -0.25) is 9.59 Å². The van der Waals surface area contributed by atoms with Crippen molar-refractivity contribution in [3.63, 3.8) is 0 Å². The van der Waals surface area contributed by atoms with Crippen LogP contribution < -0.4 is 10.6 Å². The van der Waals surface area contributed by atoms with E-state index in [0.717, 1.165) is 30.0 Å². The highest BCUT2D eigenvalue weighted by Gasteiger charge is 2.31. The fourth-order valence-corrected chi connectivity index (χ4v) is 3.96. The van der Waals surface area contributed by atoms with Crippen LogP contribution in [0.25, 0.3) is 0 Å². The Morgan fingerprint density at radius 1 is 1.09 bits per heavy atom. The maximum absolute atomic E-state index is 12.9. The Hall–Kier alpha value is -2.76. The quantitative estimate of drug-likeness (QED) is 0.386. The second kappa shape index (κ2) is 11.1. The van der Waals surface area contributed by atoms with E-state index >= 15 is 0 Å².